The second-order valence-corrected chi connectivity index (χ2v) is 5.20. The van der Waals surface area contributed by atoms with Crippen molar-refractivity contribution in [2.45, 2.75) is 46.6 Å². The van der Waals surface area contributed by atoms with Crippen LogP contribution in [0.15, 0.2) is 0 Å². The third-order valence-corrected chi connectivity index (χ3v) is 3.76. The van der Waals surface area contributed by atoms with E-state index in [2.05, 4.69) is 32.6 Å². The SMILES string of the molecule is CCC(CC)N(CCOC)CC(CN)C(C)C. The summed E-state index contributed by atoms with van der Waals surface area (Å²) >= 11 is 0. The van der Waals surface area contributed by atoms with Crippen LogP contribution in [0.25, 0.3) is 0 Å². The van der Waals surface area contributed by atoms with Crippen molar-refractivity contribution in [1.29, 1.82) is 0 Å². The maximum absolute atomic E-state index is 5.88. The molecule has 0 aliphatic carbocycles. The van der Waals surface area contributed by atoms with Crippen LogP contribution in [0, 0.1) is 11.8 Å². The predicted octanol–water partition coefficient (Wildman–Crippen LogP) is 2.35. The Morgan fingerprint density at radius 1 is 1.18 bits per heavy atom. The van der Waals surface area contributed by atoms with Crippen LogP contribution in [0.3, 0.4) is 0 Å². The van der Waals surface area contributed by atoms with Crippen molar-refractivity contribution in [1.82, 2.24) is 4.90 Å². The number of methoxy groups -OCH3 is 1. The molecule has 3 nitrogen and oxygen atoms in total. The van der Waals surface area contributed by atoms with Crippen LogP contribution in [0.4, 0.5) is 0 Å². The molecule has 0 aromatic carbocycles. The Bertz CT molecular complexity index is 170. The van der Waals surface area contributed by atoms with E-state index in [4.69, 9.17) is 10.5 Å². The Hall–Kier alpha value is -0.120. The van der Waals surface area contributed by atoms with Crippen LogP contribution in [0.2, 0.25) is 0 Å². The molecule has 0 aliphatic heterocycles. The minimum atomic E-state index is 0.590. The van der Waals surface area contributed by atoms with Gasteiger partial charge in [0.15, 0.2) is 0 Å². The van der Waals surface area contributed by atoms with Crippen molar-refractivity contribution in [2.75, 3.05) is 33.4 Å². The summed E-state index contributed by atoms with van der Waals surface area (Å²) in [7, 11) is 1.77. The van der Waals surface area contributed by atoms with Crippen LogP contribution in [-0.4, -0.2) is 44.3 Å². The summed E-state index contributed by atoms with van der Waals surface area (Å²) in [6, 6.07) is 0.665. The van der Waals surface area contributed by atoms with Gasteiger partial charge in [0, 0.05) is 26.2 Å². The molecule has 1 atom stereocenters. The monoisotopic (exact) mass is 244 g/mol. The van der Waals surface area contributed by atoms with Gasteiger partial charge in [-0.1, -0.05) is 27.7 Å². The van der Waals surface area contributed by atoms with Gasteiger partial charge >= 0.3 is 0 Å². The molecule has 104 valence electrons. The van der Waals surface area contributed by atoms with Gasteiger partial charge in [0.1, 0.15) is 0 Å². The molecular formula is C14H32N2O. The van der Waals surface area contributed by atoms with Gasteiger partial charge in [0.05, 0.1) is 6.61 Å². The Balaban J connectivity index is 4.43. The second-order valence-electron chi connectivity index (χ2n) is 5.20. The van der Waals surface area contributed by atoms with Gasteiger partial charge in [-0.15, -0.1) is 0 Å². The predicted molar refractivity (Wildman–Crippen MR) is 75.2 cm³/mol. The minimum absolute atomic E-state index is 0.590. The summed E-state index contributed by atoms with van der Waals surface area (Å²) in [5.41, 5.74) is 5.88. The minimum Gasteiger partial charge on any atom is -0.383 e. The molecule has 0 radical (unpaired) electrons. The third-order valence-electron chi connectivity index (χ3n) is 3.76. The molecule has 2 N–H and O–H groups in total. The van der Waals surface area contributed by atoms with Crippen LogP contribution >= 0.6 is 0 Å². The van der Waals surface area contributed by atoms with Crippen LogP contribution in [0.1, 0.15) is 40.5 Å². The quantitative estimate of drug-likeness (QED) is 0.641. The normalized spacial score (nSPS) is 13.9. The fourth-order valence-corrected chi connectivity index (χ4v) is 2.30. The first-order valence-electron chi connectivity index (χ1n) is 7.03. The molecule has 0 rings (SSSR count). The first kappa shape index (κ1) is 16.9. The van der Waals surface area contributed by atoms with E-state index in [1.54, 1.807) is 7.11 Å². The number of hydrogen-bond donors (Lipinski definition) is 1. The highest BCUT2D eigenvalue weighted by Gasteiger charge is 2.20. The summed E-state index contributed by atoms with van der Waals surface area (Å²) in [6.07, 6.45) is 2.41. The summed E-state index contributed by atoms with van der Waals surface area (Å²) in [5, 5.41) is 0. The summed E-state index contributed by atoms with van der Waals surface area (Å²) in [6.45, 7) is 12.8. The van der Waals surface area contributed by atoms with Crippen molar-refractivity contribution < 1.29 is 4.74 Å². The highest BCUT2D eigenvalue weighted by Crippen LogP contribution is 2.16. The lowest BCUT2D eigenvalue weighted by molar-refractivity contribution is 0.0945. The third kappa shape index (κ3) is 6.39. The first-order chi connectivity index (χ1) is 8.10. The van der Waals surface area contributed by atoms with Crippen molar-refractivity contribution in [2.24, 2.45) is 17.6 Å². The van der Waals surface area contributed by atoms with Crippen LogP contribution < -0.4 is 5.73 Å². The van der Waals surface area contributed by atoms with Gasteiger partial charge in [0.2, 0.25) is 0 Å². The van der Waals surface area contributed by atoms with Gasteiger partial charge in [-0.3, -0.25) is 4.90 Å². The molecule has 0 aromatic rings. The molecule has 0 fully saturated rings. The number of ether oxygens (including phenoxy) is 1. The van der Waals surface area contributed by atoms with E-state index in [9.17, 15) is 0 Å². The lowest BCUT2D eigenvalue weighted by Crippen LogP contribution is -2.43. The van der Waals surface area contributed by atoms with Gasteiger partial charge in [0.25, 0.3) is 0 Å². The average Bonchev–Trinajstić information content (AvgIpc) is 2.32. The topological polar surface area (TPSA) is 38.5 Å². The van der Waals surface area contributed by atoms with E-state index in [0.29, 0.717) is 17.9 Å². The fraction of sp³-hybridized carbons (Fsp3) is 1.00. The lowest BCUT2D eigenvalue weighted by Gasteiger charge is -2.34. The molecule has 0 amide bonds. The summed E-state index contributed by atoms with van der Waals surface area (Å²) in [5.74, 6) is 1.24. The molecule has 17 heavy (non-hydrogen) atoms. The molecule has 0 saturated heterocycles. The van der Waals surface area contributed by atoms with Crippen LogP contribution in [0.5, 0.6) is 0 Å². The first-order valence-corrected chi connectivity index (χ1v) is 7.03. The summed E-state index contributed by atoms with van der Waals surface area (Å²) in [4.78, 5) is 2.56. The Kier molecular flexibility index (Phi) is 9.79. The molecule has 0 saturated carbocycles. The van der Waals surface area contributed by atoms with Gasteiger partial charge < -0.3 is 10.5 Å². The zero-order chi connectivity index (χ0) is 13.3. The molecule has 3 heteroatoms. The maximum Gasteiger partial charge on any atom is 0.0589 e. The highest BCUT2D eigenvalue weighted by atomic mass is 16.5. The smallest absolute Gasteiger partial charge is 0.0589 e. The fourth-order valence-electron chi connectivity index (χ4n) is 2.30. The number of rotatable bonds is 10. The van der Waals surface area contributed by atoms with Crippen molar-refractivity contribution in [3.05, 3.63) is 0 Å². The van der Waals surface area contributed by atoms with Gasteiger partial charge in [-0.25, -0.2) is 0 Å². The standard InChI is InChI=1S/C14H32N2O/c1-6-14(7-2)16(8-9-17-5)11-13(10-15)12(3)4/h12-14H,6-11,15H2,1-5H3. The molecular weight excluding hydrogens is 212 g/mol. The van der Waals surface area contributed by atoms with E-state index in [-0.39, 0.29) is 0 Å². The summed E-state index contributed by atoms with van der Waals surface area (Å²) < 4.78 is 5.21. The molecule has 0 aliphatic rings. The number of nitrogens with zero attached hydrogens (tertiary/aromatic N) is 1. The van der Waals surface area contributed by atoms with Gasteiger partial charge in [-0.2, -0.15) is 0 Å². The molecule has 0 aromatic heterocycles. The van der Waals surface area contributed by atoms with E-state index >= 15 is 0 Å². The second kappa shape index (κ2) is 9.86. The molecule has 0 bridgehead atoms. The Labute approximate surface area is 108 Å². The van der Waals surface area contributed by atoms with Crippen LogP contribution in [-0.2, 0) is 4.74 Å². The molecule has 0 spiro atoms. The number of nitrogens with two attached hydrogens (primary N) is 1. The van der Waals surface area contributed by atoms with E-state index in [1.807, 2.05) is 0 Å². The Morgan fingerprint density at radius 3 is 2.12 bits per heavy atom. The maximum atomic E-state index is 5.88. The number of hydrogen-bond acceptors (Lipinski definition) is 3. The zero-order valence-corrected chi connectivity index (χ0v) is 12.4. The highest BCUT2D eigenvalue weighted by molar-refractivity contribution is 4.75. The van der Waals surface area contributed by atoms with Crippen molar-refractivity contribution in [3.63, 3.8) is 0 Å². The zero-order valence-electron chi connectivity index (χ0n) is 12.4. The van der Waals surface area contributed by atoms with E-state index < -0.39 is 0 Å². The Morgan fingerprint density at radius 2 is 1.76 bits per heavy atom. The average molecular weight is 244 g/mol. The van der Waals surface area contributed by atoms with Gasteiger partial charge in [-0.05, 0) is 31.2 Å². The molecule has 0 heterocycles. The van der Waals surface area contributed by atoms with E-state index in [0.717, 1.165) is 26.2 Å². The van der Waals surface area contributed by atoms with E-state index in [1.165, 1.54) is 12.8 Å². The lowest BCUT2D eigenvalue weighted by atomic mass is 9.94. The van der Waals surface area contributed by atoms with Crippen molar-refractivity contribution in [3.8, 4) is 0 Å². The molecule has 1 unspecified atom stereocenters. The van der Waals surface area contributed by atoms with Crippen molar-refractivity contribution >= 4 is 0 Å². The largest absolute Gasteiger partial charge is 0.383 e.